The summed E-state index contributed by atoms with van der Waals surface area (Å²) in [5, 5.41) is 9.94. The third-order valence-corrected chi connectivity index (χ3v) is 4.66. The standard InChI is InChI=1S/C16H21NO.2ClH.Zr/c1-12-6-5-7-13(15(12)18)11-17-14-10-16(14)8-3-2-4-9-16;;;/h5-7,11,14,18H,2-4,8-10H2,1H3;2*1H;/q;;;+2/p-2. The van der Waals surface area contributed by atoms with Crippen molar-refractivity contribution in [2.75, 3.05) is 0 Å². The molecule has 0 aliphatic heterocycles. The first-order chi connectivity index (χ1) is 10.1. The summed E-state index contributed by atoms with van der Waals surface area (Å²) in [5.74, 6) is 0.375. The number of hydrogen-bond acceptors (Lipinski definition) is 2. The molecule has 1 aromatic rings. The van der Waals surface area contributed by atoms with E-state index < -0.39 is 20.8 Å². The molecule has 0 aromatic heterocycles. The third-order valence-electron chi connectivity index (χ3n) is 4.66. The van der Waals surface area contributed by atoms with Crippen LogP contribution in [0.4, 0.5) is 0 Å². The van der Waals surface area contributed by atoms with Crippen molar-refractivity contribution in [3.63, 3.8) is 0 Å². The zero-order valence-electron chi connectivity index (χ0n) is 12.3. The van der Waals surface area contributed by atoms with E-state index in [9.17, 15) is 5.11 Å². The first-order valence-electron chi connectivity index (χ1n) is 7.41. The molecular weight excluding hydrogens is 384 g/mol. The van der Waals surface area contributed by atoms with Gasteiger partial charge in [-0.2, -0.15) is 0 Å². The van der Waals surface area contributed by atoms with E-state index in [0.717, 1.165) is 11.1 Å². The van der Waals surface area contributed by atoms with Gasteiger partial charge in [-0.3, -0.25) is 4.99 Å². The minimum atomic E-state index is -0.826. The Labute approximate surface area is 145 Å². The Balaban J connectivity index is 0.000000497. The van der Waals surface area contributed by atoms with Crippen molar-refractivity contribution in [3.8, 4) is 5.75 Å². The van der Waals surface area contributed by atoms with Crippen LogP contribution in [-0.2, 0) is 20.8 Å². The summed E-state index contributed by atoms with van der Waals surface area (Å²) in [6.45, 7) is 1.92. The summed E-state index contributed by atoms with van der Waals surface area (Å²) >= 11 is -0.826. The Bertz CT molecular complexity index is 501. The van der Waals surface area contributed by atoms with Gasteiger partial charge in [0.15, 0.2) is 0 Å². The molecule has 2 aliphatic rings. The zero-order valence-corrected chi connectivity index (χ0v) is 16.2. The van der Waals surface area contributed by atoms with Crippen molar-refractivity contribution >= 4 is 23.2 Å². The molecule has 1 atom stereocenters. The molecule has 2 fully saturated rings. The molecule has 21 heavy (non-hydrogen) atoms. The molecule has 5 heteroatoms. The molecule has 1 aromatic carbocycles. The molecule has 2 saturated carbocycles. The van der Waals surface area contributed by atoms with Gasteiger partial charge in [-0.25, -0.2) is 0 Å². The molecule has 0 radical (unpaired) electrons. The van der Waals surface area contributed by atoms with E-state index >= 15 is 0 Å². The second-order valence-corrected chi connectivity index (χ2v) is 9.74. The molecule has 0 heterocycles. The molecule has 1 unspecified atom stereocenters. The topological polar surface area (TPSA) is 32.6 Å². The van der Waals surface area contributed by atoms with Crippen LogP contribution >= 0.6 is 17.0 Å². The van der Waals surface area contributed by atoms with Crippen molar-refractivity contribution in [1.29, 1.82) is 0 Å². The number of rotatable bonds is 2. The predicted octanol–water partition coefficient (Wildman–Crippen LogP) is 5.22. The van der Waals surface area contributed by atoms with Gasteiger partial charge < -0.3 is 5.11 Å². The molecule has 1 spiro atoms. The average molecular weight is 405 g/mol. The Kier molecular flexibility index (Phi) is 6.78. The van der Waals surface area contributed by atoms with Gasteiger partial charge in [-0.1, -0.05) is 31.4 Å². The van der Waals surface area contributed by atoms with Gasteiger partial charge in [0.2, 0.25) is 0 Å². The van der Waals surface area contributed by atoms with Gasteiger partial charge in [0, 0.05) is 11.8 Å². The maximum atomic E-state index is 9.94. The Morgan fingerprint density at radius 1 is 1.29 bits per heavy atom. The molecule has 0 amide bonds. The van der Waals surface area contributed by atoms with Gasteiger partial charge in [0.1, 0.15) is 5.75 Å². The van der Waals surface area contributed by atoms with E-state index in [1.54, 1.807) is 0 Å². The van der Waals surface area contributed by atoms with Crippen molar-refractivity contribution in [1.82, 2.24) is 0 Å². The van der Waals surface area contributed by atoms with Gasteiger partial charge >= 0.3 is 37.9 Å². The predicted molar refractivity (Wildman–Crippen MR) is 86.1 cm³/mol. The Morgan fingerprint density at radius 3 is 2.62 bits per heavy atom. The van der Waals surface area contributed by atoms with E-state index in [2.05, 4.69) is 0 Å². The molecule has 2 aliphatic carbocycles. The Morgan fingerprint density at radius 2 is 1.95 bits per heavy atom. The van der Waals surface area contributed by atoms with E-state index in [-0.39, 0.29) is 0 Å². The molecule has 0 bridgehead atoms. The van der Waals surface area contributed by atoms with Gasteiger partial charge in [0.05, 0.1) is 6.04 Å². The van der Waals surface area contributed by atoms with Crippen LogP contribution in [0.1, 0.15) is 49.7 Å². The zero-order chi connectivity index (χ0) is 15.3. The first-order valence-corrected chi connectivity index (χ1v) is 13.7. The Hall–Kier alpha value is 0.153. The molecule has 3 rings (SSSR count). The number of phenols is 1. The van der Waals surface area contributed by atoms with Crippen LogP contribution < -0.4 is 0 Å². The molecule has 1 N–H and O–H groups in total. The summed E-state index contributed by atoms with van der Waals surface area (Å²) in [4.78, 5) is 4.70. The quantitative estimate of drug-likeness (QED) is 0.673. The number of hydrogen-bond donors (Lipinski definition) is 1. The number of aromatic hydroxyl groups is 1. The van der Waals surface area contributed by atoms with Gasteiger partial charge in [0.25, 0.3) is 0 Å². The van der Waals surface area contributed by atoms with Crippen molar-refractivity contribution < 1.29 is 26.0 Å². The van der Waals surface area contributed by atoms with E-state index in [1.165, 1.54) is 38.5 Å². The normalized spacial score (nSPS) is 22.7. The number of nitrogens with zero attached hydrogens (tertiary/aromatic N) is 1. The van der Waals surface area contributed by atoms with Crippen LogP contribution in [0.3, 0.4) is 0 Å². The number of aryl methyl sites for hydroxylation is 1. The number of halogens is 2. The maximum absolute atomic E-state index is 9.94. The second kappa shape index (κ2) is 8.13. The summed E-state index contributed by atoms with van der Waals surface area (Å²) in [5.41, 5.74) is 2.31. The van der Waals surface area contributed by atoms with Crippen LogP contribution in [0, 0.1) is 12.3 Å². The van der Waals surface area contributed by atoms with Gasteiger partial charge in [-0.05, 0) is 43.2 Å². The SMILES string of the molecule is Cc1cccc(C=NC2CC23CCCCC3)c1O.[Cl][Zr][Cl]. The summed E-state index contributed by atoms with van der Waals surface area (Å²) in [6, 6.07) is 6.34. The third kappa shape index (κ3) is 4.56. The van der Waals surface area contributed by atoms with Crippen molar-refractivity contribution in [3.05, 3.63) is 29.3 Å². The fourth-order valence-electron chi connectivity index (χ4n) is 3.29. The van der Waals surface area contributed by atoms with E-state index in [1.807, 2.05) is 31.3 Å². The summed E-state index contributed by atoms with van der Waals surface area (Å²) in [7, 11) is 9.87. The van der Waals surface area contributed by atoms with Crippen molar-refractivity contribution in [2.45, 2.75) is 51.5 Å². The summed E-state index contributed by atoms with van der Waals surface area (Å²) in [6.07, 6.45) is 10.00. The summed E-state index contributed by atoms with van der Waals surface area (Å²) < 4.78 is 0. The number of benzene rings is 1. The van der Waals surface area contributed by atoms with Crippen LogP contribution in [0.5, 0.6) is 5.75 Å². The number of phenolic OH excluding ortho intramolecular Hbond substituents is 1. The number of para-hydroxylation sites is 1. The van der Waals surface area contributed by atoms with Crippen LogP contribution in [0.25, 0.3) is 0 Å². The first kappa shape index (κ1) is 17.5. The number of aliphatic imine (C=N–C) groups is 1. The minimum absolute atomic E-state index is 0.375. The van der Waals surface area contributed by atoms with Crippen LogP contribution in [0.15, 0.2) is 23.2 Å². The van der Waals surface area contributed by atoms with E-state index in [0.29, 0.717) is 17.2 Å². The monoisotopic (exact) mass is 403 g/mol. The van der Waals surface area contributed by atoms with Crippen LogP contribution in [0.2, 0.25) is 0 Å². The molecule has 114 valence electrons. The van der Waals surface area contributed by atoms with Crippen LogP contribution in [-0.4, -0.2) is 17.4 Å². The van der Waals surface area contributed by atoms with E-state index in [4.69, 9.17) is 22.0 Å². The molecule has 2 nitrogen and oxygen atoms in total. The van der Waals surface area contributed by atoms with Crippen molar-refractivity contribution in [2.24, 2.45) is 10.4 Å². The second-order valence-electron chi connectivity index (χ2n) is 6.01. The molecular formula is C16H21Cl2NOZr. The fourth-order valence-corrected chi connectivity index (χ4v) is 3.29. The van der Waals surface area contributed by atoms with Gasteiger partial charge in [-0.15, -0.1) is 0 Å². The fraction of sp³-hybridized carbons (Fsp3) is 0.562. The molecule has 0 saturated heterocycles. The average Bonchev–Trinajstić information content (AvgIpc) is 3.14.